The number of amides is 1. The van der Waals surface area contributed by atoms with Crippen molar-refractivity contribution in [2.24, 2.45) is 0 Å². The Morgan fingerprint density at radius 2 is 2.32 bits per heavy atom. The highest BCUT2D eigenvalue weighted by atomic mass is 32.1. The minimum absolute atomic E-state index is 0.0246. The highest BCUT2D eigenvalue weighted by molar-refractivity contribution is 7.12. The Balaban J connectivity index is 1.89. The lowest BCUT2D eigenvalue weighted by atomic mass is 10.1. The molecule has 0 aliphatic carbocycles. The summed E-state index contributed by atoms with van der Waals surface area (Å²) in [6, 6.07) is 4.91. The van der Waals surface area contributed by atoms with Crippen molar-refractivity contribution in [1.82, 2.24) is 10.5 Å². The van der Waals surface area contributed by atoms with E-state index in [2.05, 4.69) is 10.5 Å². The summed E-state index contributed by atoms with van der Waals surface area (Å²) in [5.74, 6) is -0.170. The Hall–Kier alpha value is -1.95. The fraction of sp³-hybridized carbons (Fsp3) is 0.308. The van der Waals surface area contributed by atoms with Crippen LogP contribution >= 0.6 is 11.3 Å². The predicted molar refractivity (Wildman–Crippen MR) is 71.4 cm³/mol. The van der Waals surface area contributed by atoms with Crippen LogP contribution in [0.2, 0.25) is 0 Å². The van der Waals surface area contributed by atoms with Crippen molar-refractivity contribution in [2.75, 3.05) is 0 Å². The molecule has 19 heavy (non-hydrogen) atoms. The van der Waals surface area contributed by atoms with Crippen molar-refractivity contribution in [2.45, 2.75) is 26.3 Å². The van der Waals surface area contributed by atoms with Crippen molar-refractivity contribution < 1.29 is 14.1 Å². The molecular weight excluding hydrogens is 264 g/mol. The Morgan fingerprint density at radius 3 is 2.89 bits per heavy atom. The van der Waals surface area contributed by atoms with E-state index in [-0.39, 0.29) is 29.9 Å². The van der Waals surface area contributed by atoms with E-state index in [9.17, 15) is 9.59 Å². The molecule has 0 aliphatic heterocycles. The van der Waals surface area contributed by atoms with Crippen LogP contribution in [0.1, 0.15) is 39.3 Å². The Kier molecular flexibility index (Phi) is 4.11. The van der Waals surface area contributed by atoms with Crippen molar-refractivity contribution in [3.05, 3.63) is 39.9 Å². The molecule has 0 spiro atoms. The van der Waals surface area contributed by atoms with Crippen molar-refractivity contribution >= 4 is 23.0 Å². The van der Waals surface area contributed by atoms with Crippen LogP contribution in [0.5, 0.6) is 0 Å². The van der Waals surface area contributed by atoms with Gasteiger partial charge in [0.2, 0.25) is 5.76 Å². The predicted octanol–water partition coefficient (Wildman–Crippen LogP) is 2.44. The van der Waals surface area contributed by atoms with E-state index in [0.29, 0.717) is 10.6 Å². The molecule has 0 bridgehead atoms. The topological polar surface area (TPSA) is 72.2 Å². The van der Waals surface area contributed by atoms with Gasteiger partial charge in [0, 0.05) is 18.5 Å². The summed E-state index contributed by atoms with van der Waals surface area (Å²) in [6.45, 7) is 3.52. The SMILES string of the molecule is Cc1cc(C(=O)N[C@@H](C)CC(=O)c2cccs2)on1. The van der Waals surface area contributed by atoms with Gasteiger partial charge in [-0.2, -0.15) is 0 Å². The molecule has 2 aromatic rings. The molecule has 0 fully saturated rings. The lowest BCUT2D eigenvalue weighted by Gasteiger charge is -2.10. The van der Waals surface area contributed by atoms with Crippen LogP contribution in [-0.2, 0) is 0 Å². The molecule has 100 valence electrons. The second-order valence-electron chi connectivity index (χ2n) is 4.31. The summed E-state index contributed by atoms with van der Waals surface area (Å²) < 4.78 is 4.86. The molecule has 0 aromatic carbocycles. The number of aryl methyl sites for hydroxylation is 1. The van der Waals surface area contributed by atoms with Gasteiger partial charge in [-0.1, -0.05) is 11.2 Å². The zero-order chi connectivity index (χ0) is 13.8. The first-order valence-electron chi connectivity index (χ1n) is 5.87. The first-order valence-corrected chi connectivity index (χ1v) is 6.75. The number of Topliss-reactive ketones (excluding diaryl/α,β-unsaturated/α-hetero) is 1. The number of hydrogen-bond donors (Lipinski definition) is 1. The number of hydrogen-bond acceptors (Lipinski definition) is 5. The summed E-state index contributed by atoms with van der Waals surface area (Å²) >= 11 is 1.40. The fourth-order valence-corrected chi connectivity index (χ4v) is 2.31. The van der Waals surface area contributed by atoms with Crippen LogP contribution in [0.15, 0.2) is 28.1 Å². The molecule has 0 radical (unpaired) electrons. The van der Waals surface area contributed by atoms with Crippen LogP contribution in [0.3, 0.4) is 0 Å². The van der Waals surface area contributed by atoms with E-state index in [0.717, 1.165) is 0 Å². The Morgan fingerprint density at radius 1 is 1.53 bits per heavy atom. The molecule has 1 N–H and O–H groups in total. The minimum Gasteiger partial charge on any atom is -0.351 e. The second-order valence-corrected chi connectivity index (χ2v) is 5.26. The molecular formula is C13H14N2O3S. The summed E-state index contributed by atoms with van der Waals surface area (Å²) in [4.78, 5) is 24.3. The normalized spacial score (nSPS) is 12.1. The van der Waals surface area contributed by atoms with Gasteiger partial charge < -0.3 is 9.84 Å². The van der Waals surface area contributed by atoms with Gasteiger partial charge in [-0.15, -0.1) is 11.3 Å². The summed E-state index contributed by atoms with van der Waals surface area (Å²) in [6.07, 6.45) is 0.263. The lowest BCUT2D eigenvalue weighted by molar-refractivity contribution is 0.0889. The molecule has 1 amide bonds. The largest absolute Gasteiger partial charge is 0.351 e. The van der Waals surface area contributed by atoms with Gasteiger partial charge in [0.25, 0.3) is 5.91 Å². The maximum atomic E-state index is 11.9. The number of carbonyl (C=O) groups is 2. The quantitative estimate of drug-likeness (QED) is 0.853. The number of nitrogens with zero attached hydrogens (tertiary/aromatic N) is 1. The standard InChI is InChI=1S/C13H14N2O3S/c1-8(6-10(16)12-4-3-5-19-12)14-13(17)11-7-9(2)15-18-11/h3-5,7-8H,6H2,1-2H3,(H,14,17)/t8-/m0/s1. The maximum Gasteiger partial charge on any atom is 0.290 e. The van der Waals surface area contributed by atoms with E-state index in [1.807, 2.05) is 11.4 Å². The van der Waals surface area contributed by atoms with Gasteiger partial charge in [-0.05, 0) is 25.3 Å². The number of carbonyl (C=O) groups excluding carboxylic acids is 2. The molecule has 2 aromatic heterocycles. The minimum atomic E-state index is -0.355. The monoisotopic (exact) mass is 278 g/mol. The first kappa shape index (κ1) is 13.5. The van der Waals surface area contributed by atoms with Crippen molar-refractivity contribution in [3.8, 4) is 0 Å². The summed E-state index contributed by atoms with van der Waals surface area (Å²) in [5.41, 5.74) is 0.646. The average molecular weight is 278 g/mol. The van der Waals surface area contributed by atoms with Crippen molar-refractivity contribution in [1.29, 1.82) is 0 Å². The Labute approximate surface area is 114 Å². The van der Waals surface area contributed by atoms with Gasteiger partial charge in [0.15, 0.2) is 5.78 Å². The molecule has 0 unspecified atom stereocenters. The van der Waals surface area contributed by atoms with E-state index < -0.39 is 0 Å². The maximum absolute atomic E-state index is 11.9. The van der Waals surface area contributed by atoms with Crippen LogP contribution < -0.4 is 5.32 Å². The van der Waals surface area contributed by atoms with Crippen LogP contribution in [0, 0.1) is 6.92 Å². The number of rotatable bonds is 5. The molecule has 2 heterocycles. The molecule has 6 heteroatoms. The Bertz CT molecular complexity index is 574. The lowest BCUT2D eigenvalue weighted by Crippen LogP contribution is -2.33. The molecule has 0 saturated carbocycles. The number of aromatic nitrogens is 1. The van der Waals surface area contributed by atoms with E-state index in [1.165, 1.54) is 11.3 Å². The third-order valence-corrected chi connectivity index (χ3v) is 3.43. The van der Waals surface area contributed by atoms with E-state index >= 15 is 0 Å². The number of ketones is 1. The second kappa shape index (κ2) is 5.79. The summed E-state index contributed by atoms with van der Waals surface area (Å²) in [5, 5.41) is 8.21. The van der Waals surface area contributed by atoms with Crippen molar-refractivity contribution in [3.63, 3.8) is 0 Å². The molecule has 0 aliphatic rings. The van der Waals surface area contributed by atoms with Gasteiger partial charge in [-0.3, -0.25) is 9.59 Å². The zero-order valence-corrected chi connectivity index (χ0v) is 11.5. The van der Waals surface area contributed by atoms with Gasteiger partial charge >= 0.3 is 0 Å². The molecule has 5 nitrogen and oxygen atoms in total. The number of nitrogens with one attached hydrogen (secondary N) is 1. The highest BCUT2D eigenvalue weighted by Gasteiger charge is 2.17. The first-order chi connectivity index (χ1) is 9.06. The third-order valence-electron chi connectivity index (χ3n) is 2.52. The third kappa shape index (κ3) is 3.51. The van der Waals surface area contributed by atoms with Gasteiger partial charge in [0.05, 0.1) is 10.6 Å². The number of thiophene rings is 1. The van der Waals surface area contributed by atoms with Gasteiger partial charge in [-0.25, -0.2) is 0 Å². The fourth-order valence-electron chi connectivity index (χ4n) is 1.63. The molecule has 0 saturated heterocycles. The van der Waals surface area contributed by atoms with Crippen LogP contribution in [-0.4, -0.2) is 22.9 Å². The van der Waals surface area contributed by atoms with Gasteiger partial charge in [0.1, 0.15) is 0 Å². The highest BCUT2D eigenvalue weighted by Crippen LogP contribution is 2.12. The van der Waals surface area contributed by atoms with Crippen LogP contribution in [0.25, 0.3) is 0 Å². The van der Waals surface area contributed by atoms with E-state index in [1.54, 1.807) is 26.0 Å². The smallest absolute Gasteiger partial charge is 0.290 e. The van der Waals surface area contributed by atoms with Crippen LogP contribution in [0.4, 0.5) is 0 Å². The molecule has 1 atom stereocenters. The summed E-state index contributed by atoms with van der Waals surface area (Å²) in [7, 11) is 0. The average Bonchev–Trinajstić information content (AvgIpc) is 2.98. The molecule has 2 rings (SSSR count). The zero-order valence-electron chi connectivity index (χ0n) is 10.7. The van der Waals surface area contributed by atoms with E-state index in [4.69, 9.17) is 4.52 Å².